The Morgan fingerprint density at radius 1 is 1.46 bits per heavy atom. The zero-order valence-electron chi connectivity index (χ0n) is 8.29. The molecule has 2 unspecified atom stereocenters. The highest BCUT2D eigenvalue weighted by atomic mass is 32.2. The molecular weight excluding hydrogens is 186 g/mol. The van der Waals surface area contributed by atoms with Gasteiger partial charge in [-0.1, -0.05) is 13.3 Å². The maximum atomic E-state index is 11.3. The van der Waals surface area contributed by atoms with Crippen molar-refractivity contribution < 1.29 is 8.42 Å². The molecule has 0 amide bonds. The van der Waals surface area contributed by atoms with Crippen molar-refractivity contribution in [2.24, 2.45) is 0 Å². The normalized spacial score (nSPS) is 30.3. The van der Waals surface area contributed by atoms with Crippen LogP contribution in [0.3, 0.4) is 0 Å². The van der Waals surface area contributed by atoms with E-state index in [2.05, 4.69) is 18.7 Å². The van der Waals surface area contributed by atoms with Gasteiger partial charge in [0.05, 0.1) is 0 Å². The van der Waals surface area contributed by atoms with Crippen LogP contribution in [-0.4, -0.2) is 26.1 Å². The van der Waals surface area contributed by atoms with Gasteiger partial charge in [0.25, 0.3) is 0 Å². The lowest BCUT2D eigenvalue weighted by Crippen LogP contribution is -2.46. The molecule has 1 radical (unpaired) electrons. The van der Waals surface area contributed by atoms with Crippen LogP contribution in [0, 0.1) is 6.42 Å². The van der Waals surface area contributed by atoms with Gasteiger partial charge in [0.1, 0.15) is 5.37 Å². The molecule has 0 saturated carbocycles. The average Bonchev–Trinajstić information content (AvgIpc) is 2.04. The Bertz CT molecular complexity index is 246. The first kappa shape index (κ1) is 11.0. The minimum absolute atomic E-state index is 0.349. The van der Waals surface area contributed by atoms with E-state index in [0.717, 1.165) is 19.3 Å². The van der Waals surface area contributed by atoms with Crippen LogP contribution in [0.1, 0.15) is 32.6 Å². The van der Waals surface area contributed by atoms with Crippen molar-refractivity contribution in [3.8, 4) is 0 Å². The van der Waals surface area contributed by atoms with Crippen molar-refractivity contribution >= 4 is 9.84 Å². The van der Waals surface area contributed by atoms with Gasteiger partial charge in [-0.25, -0.2) is 8.42 Å². The molecule has 1 N–H and O–H groups in total. The van der Waals surface area contributed by atoms with Crippen LogP contribution in [0.5, 0.6) is 0 Å². The zero-order chi connectivity index (χ0) is 9.90. The highest BCUT2D eigenvalue weighted by Gasteiger charge is 2.27. The number of rotatable bonds is 3. The van der Waals surface area contributed by atoms with Crippen LogP contribution in [0.25, 0.3) is 0 Å². The van der Waals surface area contributed by atoms with Gasteiger partial charge in [0, 0.05) is 12.3 Å². The fourth-order valence-corrected chi connectivity index (χ4v) is 2.62. The van der Waals surface area contributed by atoms with Crippen molar-refractivity contribution in [1.29, 1.82) is 0 Å². The Morgan fingerprint density at radius 2 is 2.15 bits per heavy atom. The first-order chi connectivity index (χ1) is 6.04. The molecule has 1 aliphatic heterocycles. The summed E-state index contributed by atoms with van der Waals surface area (Å²) in [5, 5.41) is 2.83. The second kappa shape index (κ2) is 4.42. The molecular formula is C9H18NO2S. The van der Waals surface area contributed by atoms with Gasteiger partial charge in [0.15, 0.2) is 9.84 Å². The zero-order valence-corrected chi connectivity index (χ0v) is 9.10. The number of hydrogen-bond acceptors (Lipinski definition) is 3. The number of sulfone groups is 1. The summed E-state index contributed by atoms with van der Waals surface area (Å²) in [6.07, 6.45) is 7.19. The Hall–Kier alpha value is -0.0900. The predicted molar refractivity (Wildman–Crippen MR) is 54.0 cm³/mol. The van der Waals surface area contributed by atoms with E-state index in [9.17, 15) is 8.42 Å². The first-order valence-corrected chi connectivity index (χ1v) is 6.76. The fraction of sp³-hybridized carbons (Fsp3) is 0.889. The molecule has 0 aromatic heterocycles. The molecule has 0 aliphatic carbocycles. The van der Waals surface area contributed by atoms with Crippen LogP contribution in [0.4, 0.5) is 0 Å². The third kappa shape index (κ3) is 3.27. The fourth-order valence-electron chi connectivity index (χ4n) is 1.70. The molecule has 3 nitrogen and oxygen atoms in total. The van der Waals surface area contributed by atoms with E-state index in [-0.39, 0.29) is 5.37 Å². The van der Waals surface area contributed by atoms with Gasteiger partial charge in [-0.2, -0.15) is 0 Å². The van der Waals surface area contributed by atoms with Crippen LogP contribution >= 0.6 is 0 Å². The second-order valence-corrected chi connectivity index (χ2v) is 5.96. The molecule has 1 rings (SSSR count). The molecule has 0 aromatic rings. The lowest BCUT2D eigenvalue weighted by Gasteiger charge is -2.29. The van der Waals surface area contributed by atoms with E-state index < -0.39 is 9.84 Å². The van der Waals surface area contributed by atoms with Crippen LogP contribution < -0.4 is 5.32 Å². The van der Waals surface area contributed by atoms with Crippen LogP contribution in [0.2, 0.25) is 0 Å². The number of nitrogens with one attached hydrogen (secondary N) is 1. The summed E-state index contributed by atoms with van der Waals surface area (Å²) in [5.41, 5.74) is 0. The standard InChI is InChI=1S/C9H18NO2S/c1-3-5-8-6-4-7-9(10-8)13(2,11)12/h4,8-10H,3,5-7H2,1-2H3. The van der Waals surface area contributed by atoms with E-state index in [4.69, 9.17) is 0 Å². The number of piperidine rings is 1. The summed E-state index contributed by atoms with van der Waals surface area (Å²) in [6.45, 7) is 2.12. The van der Waals surface area contributed by atoms with E-state index in [1.165, 1.54) is 6.26 Å². The average molecular weight is 204 g/mol. The highest BCUT2D eigenvalue weighted by molar-refractivity contribution is 7.91. The number of hydrogen-bond donors (Lipinski definition) is 1. The lowest BCUT2D eigenvalue weighted by molar-refractivity contribution is 0.399. The molecule has 1 heterocycles. The molecule has 0 spiro atoms. The largest absolute Gasteiger partial charge is 0.298 e. The van der Waals surface area contributed by atoms with E-state index in [0.29, 0.717) is 12.5 Å². The van der Waals surface area contributed by atoms with Gasteiger partial charge in [-0.15, -0.1) is 0 Å². The summed E-state index contributed by atoms with van der Waals surface area (Å²) in [7, 11) is -2.92. The Balaban J connectivity index is 2.52. The third-order valence-corrected chi connectivity index (χ3v) is 3.77. The van der Waals surface area contributed by atoms with Crippen molar-refractivity contribution in [1.82, 2.24) is 5.32 Å². The predicted octanol–water partition coefficient (Wildman–Crippen LogP) is 1.11. The molecule has 4 heteroatoms. The maximum absolute atomic E-state index is 11.3. The summed E-state index contributed by atoms with van der Waals surface area (Å²) in [5.74, 6) is 0. The summed E-state index contributed by atoms with van der Waals surface area (Å²) < 4.78 is 22.5. The summed E-state index contributed by atoms with van der Waals surface area (Å²) in [4.78, 5) is 0. The molecule has 1 saturated heterocycles. The molecule has 0 aromatic carbocycles. The SMILES string of the molecule is CCCC1C[CH]CC(S(C)(=O)=O)N1. The van der Waals surface area contributed by atoms with Gasteiger partial charge < -0.3 is 0 Å². The van der Waals surface area contributed by atoms with Gasteiger partial charge in [0.2, 0.25) is 0 Å². The van der Waals surface area contributed by atoms with Crippen molar-refractivity contribution in [2.45, 2.75) is 44.0 Å². The van der Waals surface area contributed by atoms with E-state index in [1.807, 2.05) is 0 Å². The minimum atomic E-state index is -2.92. The maximum Gasteiger partial charge on any atom is 0.163 e. The van der Waals surface area contributed by atoms with Gasteiger partial charge >= 0.3 is 0 Å². The molecule has 0 bridgehead atoms. The van der Waals surface area contributed by atoms with E-state index in [1.54, 1.807) is 0 Å². The smallest absolute Gasteiger partial charge is 0.163 e. The summed E-state index contributed by atoms with van der Waals surface area (Å²) in [6, 6.07) is 0.360. The van der Waals surface area contributed by atoms with Crippen LogP contribution in [0.15, 0.2) is 0 Å². The van der Waals surface area contributed by atoms with Crippen molar-refractivity contribution in [2.75, 3.05) is 6.26 Å². The Kier molecular flexibility index (Phi) is 3.74. The molecule has 1 aliphatic rings. The Morgan fingerprint density at radius 3 is 2.69 bits per heavy atom. The first-order valence-electron chi connectivity index (χ1n) is 4.80. The lowest BCUT2D eigenvalue weighted by atomic mass is 10.0. The van der Waals surface area contributed by atoms with Crippen LogP contribution in [-0.2, 0) is 9.84 Å². The van der Waals surface area contributed by atoms with Crippen molar-refractivity contribution in [3.05, 3.63) is 6.42 Å². The monoisotopic (exact) mass is 204 g/mol. The quantitative estimate of drug-likeness (QED) is 0.749. The molecule has 1 fully saturated rings. The van der Waals surface area contributed by atoms with Crippen molar-refractivity contribution in [3.63, 3.8) is 0 Å². The minimum Gasteiger partial charge on any atom is -0.298 e. The third-order valence-electron chi connectivity index (χ3n) is 2.41. The Labute approximate surface area is 80.8 Å². The van der Waals surface area contributed by atoms with Gasteiger partial charge in [-0.05, 0) is 25.7 Å². The molecule has 2 atom stereocenters. The van der Waals surface area contributed by atoms with E-state index >= 15 is 0 Å². The molecule has 77 valence electrons. The van der Waals surface area contributed by atoms with Gasteiger partial charge in [-0.3, -0.25) is 5.32 Å². The summed E-state index contributed by atoms with van der Waals surface area (Å²) >= 11 is 0. The topological polar surface area (TPSA) is 46.2 Å². The second-order valence-electron chi connectivity index (χ2n) is 3.73. The highest BCUT2D eigenvalue weighted by Crippen LogP contribution is 2.17. The molecule has 13 heavy (non-hydrogen) atoms.